The summed E-state index contributed by atoms with van der Waals surface area (Å²) in [5.74, 6) is -0.720. The number of hydrogen-bond acceptors (Lipinski definition) is 3. The maximum Gasteiger partial charge on any atom is 0.416 e. The molecule has 1 rings (SSSR count). The average molecular weight is 526 g/mol. The van der Waals surface area contributed by atoms with Crippen LogP contribution in [0.25, 0.3) is 0 Å². The van der Waals surface area contributed by atoms with Gasteiger partial charge in [-0.2, -0.15) is 13.2 Å². The van der Waals surface area contributed by atoms with Crippen LogP contribution in [0.15, 0.2) is 23.2 Å². The normalized spacial score (nSPS) is 12.4. The van der Waals surface area contributed by atoms with Crippen LogP contribution in [0, 0.1) is 5.82 Å². The molecule has 6 nitrogen and oxygen atoms in total. The standard InChI is InChI=1S/C15H22F4N4O2S.HI/c1-3-26(24,25)23-8-4-7-21-14(20-2)22-10-11-5-6-12(16)9-13(11)15(17,18)19;/h5-6,9,23H,3-4,7-8,10H2,1-2H3,(H2,20,21,22);1H. The summed E-state index contributed by atoms with van der Waals surface area (Å²) < 4.78 is 76.9. The van der Waals surface area contributed by atoms with Gasteiger partial charge in [-0.25, -0.2) is 17.5 Å². The fourth-order valence-corrected chi connectivity index (χ4v) is 2.65. The number of benzene rings is 1. The van der Waals surface area contributed by atoms with E-state index in [1.54, 1.807) is 0 Å². The van der Waals surface area contributed by atoms with Crippen LogP contribution in [0.1, 0.15) is 24.5 Å². The second kappa shape index (κ2) is 11.6. The highest BCUT2D eigenvalue weighted by molar-refractivity contribution is 14.0. The maximum atomic E-state index is 13.1. The van der Waals surface area contributed by atoms with Crippen LogP contribution >= 0.6 is 24.0 Å². The fourth-order valence-electron chi connectivity index (χ4n) is 1.99. The summed E-state index contributed by atoms with van der Waals surface area (Å²) in [6, 6.07) is 2.48. The molecule has 0 spiro atoms. The van der Waals surface area contributed by atoms with E-state index in [-0.39, 0.29) is 54.3 Å². The fraction of sp³-hybridized carbons (Fsp3) is 0.533. The first-order valence-corrected chi connectivity index (χ1v) is 9.51. The van der Waals surface area contributed by atoms with Crippen molar-refractivity contribution < 1.29 is 26.0 Å². The van der Waals surface area contributed by atoms with Crippen molar-refractivity contribution in [3.05, 3.63) is 35.1 Å². The molecule has 0 aromatic heterocycles. The Bertz CT molecular complexity index is 727. The molecule has 0 heterocycles. The van der Waals surface area contributed by atoms with Crippen LogP contribution in [0.2, 0.25) is 0 Å². The summed E-state index contributed by atoms with van der Waals surface area (Å²) in [4.78, 5) is 3.88. The van der Waals surface area contributed by atoms with Crippen LogP contribution in [0.4, 0.5) is 17.6 Å². The number of aliphatic imine (C=N–C) groups is 1. The van der Waals surface area contributed by atoms with E-state index in [1.807, 2.05) is 0 Å². The summed E-state index contributed by atoms with van der Waals surface area (Å²) in [6.07, 6.45) is -4.20. The molecule has 0 radical (unpaired) electrons. The van der Waals surface area contributed by atoms with Gasteiger partial charge in [0.15, 0.2) is 5.96 Å². The topological polar surface area (TPSA) is 82.6 Å². The number of nitrogens with one attached hydrogen (secondary N) is 3. The lowest BCUT2D eigenvalue weighted by molar-refractivity contribution is -0.138. The molecule has 0 unspecified atom stereocenters. The van der Waals surface area contributed by atoms with E-state index in [0.717, 1.165) is 12.1 Å². The van der Waals surface area contributed by atoms with Crippen molar-refractivity contribution in [1.29, 1.82) is 0 Å². The monoisotopic (exact) mass is 526 g/mol. The summed E-state index contributed by atoms with van der Waals surface area (Å²) in [5, 5.41) is 5.58. The lowest BCUT2D eigenvalue weighted by Gasteiger charge is -2.16. The summed E-state index contributed by atoms with van der Waals surface area (Å²) in [6.45, 7) is 1.92. The molecule has 0 aliphatic heterocycles. The summed E-state index contributed by atoms with van der Waals surface area (Å²) in [5.41, 5.74) is -1.16. The highest BCUT2D eigenvalue weighted by Crippen LogP contribution is 2.32. The van der Waals surface area contributed by atoms with E-state index in [9.17, 15) is 26.0 Å². The Labute approximate surface area is 173 Å². The lowest BCUT2D eigenvalue weighted by atomic mass is 10.1. The number of hydrogen-bond donors (Lipinski definition) is 3. The molecule has 0 aliphatic rings. The van der Waals surface area contributed by atoms with Gasteiger partial charge in [-0.1, -0.05) is 6.07 Å². The Kier molecular flexibility index (Phi) is 11.1. The highest BCUT2D eigenvalue weighted by Gasteiger charge is 2.33. The molecule has 0 fully saturated rings. The van der Waals surface area contributed by atoms with Gasteiger partial charge >= 0.3 is 6.18 Å². The number of alkyl halides is 3. The number of nitrogens with zero attached hydrogens (tertiary/aromatic N) is 1. The van der Waals surface area contributed by atoms with Crippen LogP contribution < -0.4 is 15.4 Å². The molecule has 0 aliphatic carbocycles. The first kappa shape index (κ1) is 25.9. The third-order valence-electron chi connectivity index (χ3n) is 3.40. The van der Waals surface area contributed by atoms with Gasteiger partial charge < -0.3 is 10.6 Å². The van der Waals surface area contributed by atoms with E-state index < -0.39 is 27.6 Å². The zero-order chi connectivity index (χ0) is 19.8. The molecule has 27 heavy (non-hydrogen) atoms. The van der Waals surface area contributed by atoms with Gasteiger partial charge in [0.2, 0.25) is 10.0 Å². The molecule has 12 heteroatoms. The number of rotatable bonds is 8. The molecule has 1 aromatic carbocycles. The van der Waals surface area contributed by atoms with E-state index in [4.69, 9.17) is 0 Å². The van der Waals surface area contributed by atoms with Gasteiger partial charge in [0, 0.05) is 26.7 Å². The highest BCUT2D eigenvalue weighted by atomic mass is 127. The molecule has 1 aromatic rings. The Hall–Kier alpha value is -1.15. The molecule has 0 saturated carbocycles. The van der Waals surface area contributed by atoms with Gasteiger partial charge in [-0.15, -0.1) is 24.0 Å². The quantitative estimate of drug-likeness (QED) is 0.160. The Balaban J connectivity index is 0.00000676. The van der Waals surface area contributed by atoms with Gasteiger partial charge in [-0.05, 0) is 31.0 Å². The maximum absolute atomic E-state index is 13.1. The van der Waals surface area contributed by atoms with E-state index in [2.05, 4.69) is 20.3 Å². The van der Waals surface area contributed by atoms with Crippen molar-refractivity contribution in [3.63, 3.8) is 0 Å². The Morgan fingerprint density at radius 1 is 1.19 bits per heavy atom. The van der Waals surface area contributed by atoms with Gasteiger partial charge in [0.1, 0.15) is 5.82 Å². The Morgan fingerprint density at radius 3 is 2.41 bits per heavy atom. The molecule has 0 bridgehead atoms. The average Bonchev–Trinajstić information content (AvgIpc) is 2.57. The van der Waals surface area contributed by atoms with Crippen LogP contribution in [0.5, 0.6) is 0 Å². The minimum absolute atomic E-state index is 0. The summed E-state index contributed by atoms with van der Waals surface area (Å²) >= 11 is 0. The minimum Gasteiger partial charge on any atom is -0.356 e. The van der Waals surface area contributed by atoms with Gasteiger partial charge in [-0.3, -0.25) is 4.99 Å². The first-order valence-electron chi connectivity index (χ1n) is 7.86. The number of guanidine groups is 1. The molecule has 0 saturated heterocycles. The Morgan fingerprint density at radius 2 is 1.85 bits per heavy atom. The first-order chi connectivity index (χ1) is 12.1. The third-order valence-corrected chi connectivity index (χ3v) is 4.80. The smallest absolute Gasteiger partial charge is 0.356 e. The van der Waals surface area contributed by atoms with Crippen LogP contribution in [-0.2, 0) is 22.7 Å². The molecular formula is C15H23F4IN4O2S. The molecule has 3 N–H and O–H groups in total. The van der Waals surface area contributed by atoms with Crippen molar-refractivity contribution in [2.75, 3.05) is 25.9 Å². The second-order valence-electron chi connectivity index (χ2n) is 5.30. The lowest BCUT2D eigenvalue weighted by Crippen LogP contribution is -2.38. The molecule has 156 valence electrons. The number of halogens is 5. The van der Waals surface area contributed by atoms with E-state index in [0.29, 0.717) is 19.0 Å². The zero-order valence-corrected chi connectivity index (χ0v) is 18.0. The van der Waals surface area contributed by atoms with Crippen molar-refractivity contribution in [2.24, 2.45) is 4.99 Å². The zero-order valence-electron chi connectivity index (χ0n) is 14.9. The summed E-state index contributed by atoms with van der Waals surface area (Å²) in [7, 11) is -1.81. The minimum atomic E-state index is -4.66. The van der Waals surface area contributed by atoms with Gasteiger partial charge in [0.25, 0.3) is 0 Å². The van der Waals surface area contributed by atoms with Gasteiger partial charge in [0.05, 0.1) is 11.3 Å². The van der Waals surface area contributed by atoms with E-state index in [1.165, 1.54) is 14.0 Å². The third kappa shape index (κ3) is 9.55. The molecule has 0 atom stereocenters. The van der Waals surface area contributed by atoms with Crippen molar-refractivity contribution in [3.8, 4) is 0 Å². The van der Waals surface area contributed by atoms with Crippen molar-refractivity contribution in [2.45, 2.75) is 26.1 Å². The largest absolute Gasteiger partial charge is 0.416 e. The van der Waals surface area contributed by atoms with Crippen molar-refractivity contribution in [1.82, 2.24) is 15.4 Å². The molecular weight excluding hydrogens is 503 g/mol. The van der Waals surface area contributed by atoms with Crippen LogP contribution in [0.3, 0.4) is 0 Å². The van der Waals surface area contributed by atoms with Crippen LogP contribution in [-0.4, -0.2) is 40.3 Å². The number of sulfonamides is 1. The SMILES string of the molecule is CCS(=O)(=O)NCCCNC(=NC)NCc1ccc(F)cc1C(F)(F)F.I. The van der Waals surface area contributed by atoms with E-state index >= 15 is 0 Å². The molecule has 0 amide bonds. The predicted octanol–water partition coefficient (Wildman–Crippen LogP) is 2.46. The van der Waals surface area contributed by atoms with Crippen molar-refractivity contribution >= 4 is 40.0 Å². The predicted molar refractivity (Wildman–Crippen MR) is 107 cm³/mol. The second-order valence-corrected chi connectivity index (χ2v) is 7.40.